The van der Waals surface area contributed by atoms with Crippen LogP contribution in [0.25, 0.3) is 0 Å². The molecule has 0 nitrogen and oxygen atoms in total. The van der Waals surface area contributed by atoms with Crippen LogP contribution in [0.2, 0.25) is 0 Å². The van der Waals surface area contributed by atoms with Crippen LogP contribution >= 0.6 is 4.35 Å². The van der Waals surface area contributed by atoms with Gasteiger partial charge in [0, 0.05) is 0 Å². The van der Waals surface area contributed by atoms with E-state index in [1.165, 1.54) is 37.4 Å². The number of hydrogen-bond donors (Lipinski definition) is 0. The van der Waals surface area contributed by atoms with Gasteiger partial charge in [0.2, 0.25) is 0 Å². The van der Waals surface area contributed by atoms with Crippen molar-refractivity contribution in [3.05, 3.63) is 0 Å². The molecule has 0 saturated heterocycles. The molecule has 5 heavy (non-hydrogen) atoms. The summed E-state index contributed by atoms with van der Waals surface area (Å²) in [5.41, 5.74) is 0.986. The van der Waals surface area contributed by atoms with Gasteiger partial charge in [-0.1, -0.05) is 0 Å². The molecule has 28 valence electrons. The van der Waals surface area contributed by atoms with E-state index < -0.39 is 0 Å². The topological polar surface area (TPSA) is 0 Å². The molecular formula is C3H8LaP. The van der Waals surface area contributed by atoms with E-state index in [9.17, 15) is 0 Å². The maximum absolute atomic E-state index is 2.28. The Morgan fingerprint density at radius 2 is 1.80 bits per heavy atom. The van der Waals surface area contributed by atoms with Crippen LogP contribution in [0, 0.1) is 33.0 Å². The van der Waals surface area contributed by atoms with Crippen molar-refractivity contribution in [2.24, 2.45) is 0 Å². The SMILES string of the molecule is CC(C)[PH][La]. The van der Waals surface area contributed by atoms with E-state index in [0.29, 0.717) is 0 Å². The molecule has 0 amide bonds. The van der Waals surface area contributed by atoms with E-state index in [4.69, 9.17) is 0 Å². The molecule has 1 unspecified atom stereocenters. The summed E-state index contributed by atoms with van der Waals surface area (Å²) in [7, 11) is 0. The summed E-state index contributed by atoms with van der Waals surface area (Å²) >= 11 is 1.24. The van der Waals surface area contributed by atoms with Crippen LogP contribution < -0.4 is 0 Å². The average Bonchev–Trinajstić information content (AvgIpc) is 1.38. The summed E-state index contributed by atoms with van der Waals surface area (Å²) in [6, 6.07) is 0. The molecule has 0 fully saturated rings. The molecule has 2 heteroatoms. The summed E-state index contributed by atoms with van der Waals surface area (Å²) in [4.78, 5) is 0. The van der Waals surface area contributed by atoms with Crippen molar-refractivity contribution in [1.29, 1.82) is 0 Å². The minimum absolute atomic E-state index is 0.986. The summed E-state index contributed by atoms with van der Waals surface area (Å²) in [6.45, 7) is 4.55. The molecule has 0 rings (SSSR count). The van der Waals surface area contributed by atoms with E-state index in [2.05, 4.69) is 13.8 Å². The standard InChI is InChI=1S/C3H8P.La/c1-3(2)4;/h3-4H,1-2H3;/q-1;+1. The molecule has 0 spiro atoms. The van der Waals surface area contributed by atoms with E-state index in [0.717, 1.165) is 5.66 Å². The first-order valence-electron chi connectivity index (χ1n) is 1.73. The predicted octanol–water partition coefficient (Wildman–Crippen LogP) is 1.54. The van der Waals surface area contributed by atoms with Gasteiger partial charge in [-0.05, 0) is 0 Å². The summed E-state index contributed by atoms with van der Waals surface area (Å²) < 4.78 is 1.28. The third-order valence-corrected chi connectivity index (χ3v) is 7.28. The van der Waals surface area contributed by atoms with E-state index in [1.807, 2.05) is 0 Å². The van der Waals surface area contributed by atoms with Gasteiger partial charge in [0.1, 0.15) is 0 Å². The fourth-order valence-electron chi connectivity index (χ4n) is 0. The van der Waals surface area contributed by atoms with Crippen molar-refractivity contribution < 1.29 is 33.0 Å². The first-order valence-corrected chi connectivity index (χ1v) is 8.33. The molecule has 0 aliphatic heterocycles. The number of rotatable bonds is 1. The van der Waals surface area contributed by atoms with E-state index >= 15 is 0 Å². The zero-order valence-electron chi connectivity index (χ0n) is 3.65. The normalized spacial score (nSPS) is 11.6. The van der Waals surface area contributed by atoms with Crippen molar-refractivity contribution in [3.63, 3.8) is 0 Å². The second kappa shape index (κ2) is 3.80. The first kappa shape index (κ1) is 6.62. The molecule has 0 N–H and O–H groups in total. The molecule has 0 bridgehead atoms. The Hall–Kier alpha value is 1.62. The number of hydrogen-bond acceptors (Lipinski definition) is 0. The van der Waals surface area contributed by atoms with Crippen LogP contribution in [0.15, 0.2) is 0 Å². The van der Waals surface area contributed by atoms with Crippen molar-refractivity contribution in [3.8, 4) is 0 Å². The van der Waals surface area contributed by atoms with Gasteiger partial charge in [0.05, 0.1) is 0 Å². The summed E-state index contributed by atoms with van der Waals surface area (Å²) in [5.74, 6) is 0. The van der Waals surface area contributed by atoms with Crippen LogP contribution in [0.1, 0.15) is 13.8 Å². The molecule has 0 heterocycles. The van der Waals surface area contributed by atoms with Gasteiger partial charge >= 0.3 is 56.9 Å². The predicted molar refractivity (Wildman–Crippen MR) is 23.5 cm³/mol. The van der Waals surface area contributed by atoms with E-state index in [-0.39, 0.29) is 0 Å². The summed E-state index contributed by atoms with van der Waals surface area (Å²) in [6.07, 6.45) is 0. The maximum atomic E-state index is 2.28. The third kappa shape index (κ3) is 5.62. The van der Waals surface area contributed by atoms with Crippen LogP contribution in [-0.4, -0.2) is 5.66 Å². The van der Waals surface area contributed by atoms with Gasteiger partial charge in [-0.25, -0.2) is 0 Å². The molecular weight excluding hydrogens is 206 g/mol. The quantitative estimate of drug-likeness (QED) is 0.580. The van der Waals surface area contributed by atoms with Gasteiger partial charge in [0.15, 0.2) is 0 Å². The Balaban J connectivity index is 2.54. The van der Waals surface area contributed by atoms with Crippen molar-refractivity contribution in [1.82, 2.24) is 0 Å². The molecule has 0 aromatic carbocycles. The van der Waals surface area contributed by atoms with Crippen LogP contribution in [-0.2, 0) is 0 Å². The second-order valence-electron chi connectivity index (χ2n) is 1.32. The fourth-order valence-corrected chi connectivity index (χ4v) is 0. The zero-order chi connectivity index (χ0) is 4.28. The van der Waals surface area contributed by atoms with Crippen LogP contribution in [0.4, 0.5) is 0 Å². The monoisotopic (exact) mass is 214 g/mol. The average molecular weight is 214 g/mol. The van der Waals surface area contributed by atoms with Gasteiger partial charge in [-0.2, -0.15) is 0 Å². The third-order valence-electron chi connectivity index (χ3n) is 0.333. The second-order valence-corrected chi connectivity index (χ2v) is 5.95. The minimum atomic E-state index is 0.986. The molecule has 0 aromatic rings. The van der Waals surface area contributed by atoms with Gasteiger partial charge in [0.25, 0.3) is 0 Å². The Kier molecular flexibility index (Phi) is 5.04. The Morgan fingerprint density at radius 3 is 1.80 bits per heavy atom. The molecule has 0 aromatic heterocycles. The van der Waals surface area contributed by atoms with Gasteiger partial charge < -0.3 is 0 Å². The fraction of sp³-hybridized carbons (Fsp3) is 1.00. The van der Waals surface area contributed by atoms with Crippen LogP contribution in [0.5, 0.6) is 0 Å². The van der Waals surface area contributed by atoms with Crippen molar-refractivity contribution >= 4 is 4.35 Å². The molecule has 1 atom stereocenters. The Morgan fingerprint density at radius 1 is 1.60 bits per heavy atom. The van der Waals surface area contributed by atoms with E-state index in [1.54, 1.807) is 0 Å². The van der Waals surface area contributed by atoms with Gasteiger partial charge in [-0.15, -0.1) is 0 Å². The molecule has 0 aliphatic carbocycles. The summed E-state index contributed by atoms with van der Waals surface area (Å²) in [5, 5.41) is 0. The molecule has 0 radical (unpaired) electrons. The molecule has 0 saturated carbocycles. The van der Waals surface area contributed by atoms with Crippen molar-refractivity contribution in [2.45, 2.75) is 19.5 Å². The van der Waals surface area contributed by atoms with Gasteiger partial charge in [-0.3, -0.25) is 0 Å². The van der Waals surface area contributed by atoms with Crippen LogP contribution in [0.3, 0.4) is 0 Å². The Bertz CT molecular complexity index is 20.9. The Labute approximate surface area is 56.4 Å². The first-order chi connectivity index (χ1) is 2.27. The zero-order valence-corrected chi connectivity index (χ0v) is 8.28. The van der Waals surface area contributed by atoms with Crippen molar-refractivity contribution in [2.75, 3.05) is 0 Å². The molecule has 0 aliphatic rings.